The van der Waals surface area contributed by atoms with Crippen molar-refractivity contribution < 1.29 is 36.9 Å². The van der Waals surface area contributed by atoms with Gasteiger partial charge in [0.2, 0.25) is 0 Å². The third kappa shape index (κ3) is 9.05. The standard InChI is InChI=1S/C2H2O4.Mn.H3N/c3-1(4)2(5)6;;/h(H,3,4)(H,5,6);;1H3/q;+1;/p-1. The van der Waals surface area contributed by atoms with E-state index in [2.05, 4.69) is 0 Å². The van der Waals surface area contributed by atoms with E-state index in [0.29, 0.717) is 0 Å². The molecule has 0 amide bonds. The summed E-state index contributed by atoms with van der Waals surface area (Å²) in [5.74, 6) is -4.37. The molecule has 0 aliphatic rings. The van der Waals surface area contributed by atoms with Gasteiger partial charge in [-0.05, 0) is 0 Å². The fraction of sp³-hybridized carbons (Fsp3) is 0. The molecule has 0 rings (SSSR count). The molecular formula is C2H4MnNO4. The Morgan fingerprint density at radius 1 is 1.00 bits per heavy atom. The Morgan fingerprint density at radius 3 is 1.12 bits per heavy atom. The summed E-state index contributed by atoms with van der Waals surface area (Å²) in [6.45, 7) is 0. The predicted molar refractivity (Wildman–Crippen MR) is 16.0 cm³/mol. The monoisotopic (exact) mass is 161 g/mol. The first-order chi connectivity index (χ1) is 2.64. The second kappa shape index (κ2) is 6.42. The summed E-state index contributed by atoms with van der Waals surface area (Å²) >= 11 is 0. The molecule has 0 aromatic heterocycles. The van der Waals surface area contributed by atoms with Crippen LogP contribution in [0, 0.1) is 0 Å². The zero-order valence-corrected chi connectivity index (χ0v) is 5.19. The Morgan fingerprint density at radius 2 is 1.12 bits per heavy atom. The van der Waals surface area contributed by atoms with Crippen LogP contribution < -0.4 is 16.4 Å². The van der Waals surface area contributed by atoms with Crippen molar-refractivity contribution in [2.45, 2.75) is 0 Å². The fourth-order valence-electron chi connectivity index (χ4n) is 0. The van der Waals surface area contributed by atoms with Gasteiger partial charge in [0.05, 0.1) is 11.9 Å². The average Bonchev–Trinajstić information content (AvgIpc) is 1.36. The van der Waals surface area contributed by atoms with Gasteiger partial charge in [0.1, 0.15) is 0 Å². The van der Waals surface area contributed by atoms with Crippen LogP contribution in [0.4, 0.5) is 0 Å². The van der Waals surface area contributed by atoms with E-state index < -0.39 is 11.9 Å². The number of carboxylic acid groups (broad SMARTS) is 2. The van der Waals surface area contributed by atoms with Crippen molar-refractivity contribution in [1.82, 2.24) is 6.15 Å². The van der Waals surface area contributed by atoms with Crippen LogP contribution in [-0.4, -0.2) is 11.9 Å². The van der Waals surface area contributed by atoms with Crippen LogP contribution in [-0.2, 0) is 26.7 Å². The van der Waals surface area contributed by atoms with Crippen molar-refractivity contribution >= 4 is 11.9 Å². The van der Waals surface area contributed by atoms with E-state index in [0.717, 1.165) is 0 Å². The third-order valence-electron chi connectivity index (χ3n) is 0.167. The van der Waals surface area contributed by atoms with Crippen LogP contribution in [0.3, 0.4) is 0 Å². The van der Waals surface area contributed by atoms with Gasteiger partial charge in [0, 0.05) is 0 Å². The van der Waals surface area contributed by atoms with Crippen molar-refractivity contribution in [2.75, 3.05) is 0 Å². The van der Waals surface area contributed by atoms with Gasteiger partial charge >= 0.3 is 17.1 Å². The molecule has 0 saturated carbocycles. The summed E-state index contributed by atoms with van der Waals surface area (Å²) in [7, 11) is 0. The molecule has 0 aromatic rings. The quantitative estimate of drug-likeness (QED) is 0.298. The maximum atomic E-state index is 8.93. The molecule has 0 saturated heterocycles. The second-order valence-corrected chi connectivity index (χ2v) is 0.575. The molecule has 0 bridgehead atoms. The Hall–Kier alpha value is -0.581. The number of hydrogen-bond acceptors (Lipinski definition) is 4. The first-order valence-corrected chi connectivity index (χ1v) is 1.07. The van der Waals surface area contributed by atoms with Gasteiger partial charge < -0.3 is 26.0 Å². The normalized spacial score (nSPS) is 5.50. The van der Waals surface area contributed by atoms with E-state index in [1.807, 2.05) is 0 Å². The number of carbonyl (C=O) groups excluding carboxylic acids is 2. The topological polar surface area (TPSA) is 117 Å². The van der Waals surface area contributed by atoms with Gasteiger partial charge in [-0.15, -0.1) is 0 Å². The molecule has 48 valence electrons. The Kier molecular flexibility index (Phi) is 12.6. The zero-order chi connectivity index (χ0) is 5.15. The maximum Gasteiger partial charge on any atom is 1.00 e. The first kappa shape index (κ1) is 15.7. The number of rotatable bonds is 0. The van der Waals surface area contributed by atoms with Crippen LogP contribution in [0.15, 0.2) is 0 Å². The smallest absolute Gasteiger partial charge is 0.543 e. The largest absolute Gasteiger partial charge is 1.00 e. The molecule has 0 aliphatic carbocycles. The van der Waals surface area contributed by atoms with E-state index >= 15 is 0 Å². The van der Waals surface area contributed by atoms with Crippen molar-refractivity contribution in [2.24, 2.45) is 0 Å². The first-order valence-electron chi connectivity index (χ1n) is 1.07. The molecule has 4 N–H and O–H groups in total. The van der Waals surface area contributed by atoms with Gasteiger partial charge in [-0.1, -0.05) is 0 Å². The molecule has 0 radical (unpaired) electrons. The summed E-state index contributed by atoms with van der Waals surface area (Å²) in [6, 6.07) is 0. The van der Waals surface area contributed by atoms with Crippen molar-refractivity contribution in [3.63, 3.8) is 0 Å². The van der Waals surface area contributed by atoms with E-state index in [-0.39, 0.29) is 23.2 Å². The van der Waals surface area contributed by atoms with Gasteiger partial charge in [-0.25, -0.2) is 0 Å². The number of hydrogen-bond donors (Lipinski definition) is 1. The average molecular weight is 161 g/mol. The van der Waals surface area contributed by atoms with Crippen LogP contribution in [0.1, 0.15) is 0 Å². The van der Waals surface area contributed by atoms with Crippen LogP contribution in [0.25, 0.3) is 0 Å². The van der Waals surface area contributed by atoms with E-state index in [1.165, 1.54) is 0 Å². The molecule has 0 spiro atoms. The zero-order valence-electron chi connectivity index (χ0n) is 4.01. The van der Waals surface area contributed by atoms with E-state index in [9.17, 15) is 0 Å². The van der Waals surface area contributed by atoms with E-state index in [4.69, 9.17) is 19.8 Å². The van der Waals surface area contributed by atoms with E-state index in [1.54, 1.807) is 0 Å². The third-order valence-corrected chi connectivity index (χ3v) is 0.167. The van der Waals surface area contributed by atoms with Crippen LogP contribution in [0.5, 0.6) is 0 Å². The Balaban J connectivity index is -0.000000125. The Bertz CT molecular complexity index is 80.0. The molecule has 5 nitrogen and oxygen atoms in total. The van der Waals surface area contributed by atoms with Crippen molar-refractivity contribution in [3.05, 3.63) is 0 Å². The summed E-state index contributed by atoms with van der Waals surface area (Å²) in [6.07, 6.45) is 0. The van der Waals surface area contributed by atoms with Crippen molar-refractivity contribution in [3.8, 4) is 0 Å². The molecule has 0 aromatic carbocycles. The molecular weight excluding hydrogens is 157 g/mol. The molecule has 8 heavy (non-hydrogen) atoms. The summed E-state index contributed by atoms with van der Waals surface area (Å²) in [5.41, 5.74) is 0. The summed E-state index contributed by atoms with van der Waals surface area (Å²) in [5, 5.41) is 17.9. The van der Waals surface area contributed by atoms with Crippen molar-refractivity contribution in [1.29, 1.82) is 0 Å². The fourth-order valence-corrected chi connectivity index (χ4v) is 0. The van der Waals surface area contributed by atoms with Gasteiger partial charge in [0.25, 0.3) is 0 Å². The minimum Gasteiger partial charge on any atom is -0.543 e. The number of carbonyl (C=O) groups is 2. The summed E-state index contributed by atoms with van der Waals surface area (Å²) < 4.78 is 0. The number of quaternary nitrogens is 1. The Labute approximate surface area is 55.7 Å². The van der Waals surface area contributed by atoms with Gasteiger partial charge in [-0.2, -0.15) is 0 Å². The van der Waals surface area contributed by atoms with Crippen LogP contribution in [0.2, 0.25) is 0 Å². The summed E-state index contributed by atoms with van der Waals surface area (Å²) in [4.78, 5) is 17.9. The molecule has 0 atom stereocenters. The minimum atomic E-state index is -2.19. The predicted octanol–water partition coefficient (Wildman–Crippen LogP) is -3.14. The minimum absolute atomic E-state index is 0. The number of carboxylic acids is 2. The SMILES string of the molecule is O=C([O-])C(=O)[O-].[Mn+].[NH4+]. The molecule has 0 fully saturated rings. The molecule has 0 heterocycles. The van der Waals surface area contributed by atoms with Gasteiger partial charge in [0.15, 0.2) is 0 Å². The second-order valence-electron chi connectivity index (χ2n) is 0.575. The van der Waals surface area contributed by atoms with Gasteiger partial charge in [-0.3, -0.25) is 0 Å². The molecule has 0 unspecified atom stereocenters. The number of aliphatic carboxylic acids is 2. The maximum absolute atomic E-state index is 8.93. The van der Waals surface area contributed by atoms with Crippen LogP contribution >= 0.6 is 0 Å². The molecule has 0 aliphatic heterocycles. The molecule has 6 heteroatoms.